The molecule has 0 spiro atoms. The number of pyridine rings is 1. The highest BCUT2D eigenvalue weighted by atomic mass is 35.5. The topological polar surface area (TPSA) is 33.2 Å². The summed E-state index contributed by atoms with van der Waals surface area (Å²) in [6.45, 7) is 2.46. The number of nitrogens with zero attached hydrogens (tertiary/aromatic N) is 2. The molecule has 0 N–H and O–H groups in total. The number of aromatic nitrogens is 1. The molecule has 0 saturated carbocycles. The van der Waals surface area contributed by atoms with Crippen LogP contribution in [0.3, 0.4) is 0 Å². The monoisotopic (exact) mass is 224 g/mol. The van der Waals surface area contributed by atoms with Crippen LogP contribution in [0.15, 0.2) is 18.3 Å². The smallest absolute Gasteiger partial charge is 0.219 e. The van der Waals surface area contributed by atoms with Crippen LogP contribution < -0.4 is 0 Å². The third-order valence-corrected chi connectivity index (χ3v) is 3.02. The van der Waals surface area contributed by atoms with Gasteiger partial charge in [-0.25, -0.2) is 4.98 Å². The van der Waals surface area contributed by atoms with E-state index in [4.69, 9.17) is 11.6 Å². The van der Waals surface area contributed by atoms with Crippen LogP contribution in [-0.4, -0.2) is 22.3 Å². The van der Waals surface area contributed by atoms with E-state index < -0.39 is 0 Å². The first-order chi connectivity index (χ1) is 7.18. The quantitative estimate of drug-likeness (QED) is 0.687. The zero-order chi connectivity index (χ0) is 10.8. The first-order valence-electron chi connectivity index (χ1n) is 5.07. The number of rotatable bonds is 1. The fourth-order valence-electron chi connectivity index (χ4n) is 2.07. The number of halogens is 1. The molecular formula is C11H13ClN2O. The maximum absolute atomic E-state index is 11.4. The number of carbonyl (C=O) groups excluding carboxylic acids is 1. The molecule has 1 aromatic heterocycles. The van der Waals surface area contributed by atoms with Gasteiger partial charge in [-0.15, -0.1) is 0 Å². The van der Waals surface area contributed by atoms with Crippen molar-refractivity contribution in [2.45, 2.75) is 25.8 Å². The van der Waals surface area contributed by atoms with Crippen LogP contribution >= 0.6 is 11.6 Å². The van der Waals surface area contributed by atoms with E-state index in [1.165, 1.54) is 0 Å². The maximum atomic E-state index is 11.4. The van der Waals surface area contributed by atoms with Crippen LogP contribution in [0.5, 0.6) is 0 Å². The lowest BCUT2D eigenvalue weighted by atomic mass is 10.1. The standard InChI is InChI=1S/C11H13ClN2O/c1-8(15)14-6-2-3-10(14)9-4-5-11(12)13-7-9/h4-5,7,10H,2-3,6H2,1H3/t10-/m1/s1. The molecule has 80 valence electrons. The first-order valence-corrected chi connectivity index (χ1v) is 5.45. The Morgan fingerprint density at radius 3 is 3.00 bits per heavy atom. The van der Waals surface area contributed by atoms with E-state index in [0.717, 1.165) is 24.9 Å². The van der Waals surface area contributed by atoms with Gasteiger partial charge in [0.05, 0.1) is 6.04 Å². The fourth-order valence-corrected chi connectivity index (χ4v) is 2.19. The first kappa shape index (κ1) is 10.4. The Kier molecular flexibility index (Phi) is 2.91. The van der Waals surface area contributed by atoms with Gasteiger partial charge >= 0.3 is 0 Å². The molecule has 1 atom stereocenters. The van der Waals surface area contributed by atoms with E-state index in [9.17, 15) is 4.79 Å². The Morgan fingerprint density at radius 1 is 1.60 bits per heavy atom. The molecule has 4 heteroatoms. The van der Waals surface area contributed by atoms with E-state index >= 15 is 0 Å². The molecule has 1 amide bonds. The second-order valence-electron chi connectivity index (χ2n) is 3.78. The molecule has 0 aromatic carbocycles. The Balaban J connectivity index is 2.22. The molecule has 1 aromatic rings. The normalized spacial score (nSPS) is 20.7. The van der Waals surface area contributed by atoms with Crippen molar-refractivity contribution in [2.75, 3.05) is 6.54 Å². The van der Waals surface area contributed by atoms with Gasteiger partial charge in [-0.1, -0.05) is 17.7 Å². The molecule has 2 heterocycles. The number of carbonyl (C=O) groups is 1. The second-order valence-corrected chi connectivity index (χ2v) is 4.17. The van der Waals surface area contributed by atoms with E-state index in [2.05, 4.69) is 4.98 Å². The number of hydrogen-bond donors (Lipinski definition) is 0. The summed E-state index contributed by atoms with van der Waals surface area (Å²) < 4.78 is 0. The zero-order valence-electron chi connectivity index (χ0n) is 8.61. The van der Waals surface area contributed by atoms with Crippen molar-refractivity contribution in [2.24, 2.45) is 0 Å². The summed E-state index contributed by atoms with van der Waals surface area (Å²) in [5, 5.41) is 0.492. The minimum Gasteiger partial charge on any atom is -0.336 e. The van der Waals surface area contributed by atoms with Gasteiger partial charge in [0, 0.05) is 19.7 Å². The fraction of sp³-hybridized carbons (Fsp3) is 0.455. The summed E-state index contributed by atoms with van der Waals surface area (Å²) in [6.07, 6.45) is 3.84. The molecule has 1 fully saturated rings. The summed E-state index contributed by atoms with van der Waals surface area (Å²) in [5.41, 5.74) is 1.08. The molecule has 0 unspecified atom stereocenters. The lowest BCUT2D eigenvalue weighted by molar-refractivity contribution is -0.129. The molecule has 0 bridgehead atoms. The minimum absolute atomic E-state index is 0.132. The SMILES string of the molecule is CC(=O)N1CCC[C@@H]1c1ccc(Cl)nc1. The highest BCUT2D eigenvalue weighted by Crippen LogP contribution is 2.31. The van der Waals surface area contributed by atoms with Crippen LogP contribution in [-0.2, 0) is 4.79 Å². The second kappa shape index (κ2) is 4.19. The van der Waals surface area contributed by atoms with Gasteiger partial charge < -0.3 is 4.90 Å². The molecular weight excluding hydrogens is 212 g/mol. The van der Waals surface area contributed by atoms with Crippen LogP contribution in [0.1, 0.15) is 31.4 Å². The van der Waals surface area contributed by atoms with Gasteiger partial charge in [-0.3, -0.25) is 4.79 Å². The van der Waals surface area contributed by atoms with Gasteiger partial charge in [-0.2, -0.15) is 0 Å². The summed E-state index contributed by atoms with van der Waals surface area (Å²) in [4.78, 5) is 17.3. The number of hydrogen-bond acceptors (Lipinski definition) is 2. The Labute approximate surface area is 94.1 Å². The lowest BCUT2D eigenvalue weighted by Gasteiger charge is -2.23. The van der Waals surface area contributed by atoms with Gasteiger partial charge in [0.15, 0.2) is 0 Å². The van der Waals surface area contributed by atoms with Crippen molar-refractivity contribution in [1.29, 1.82) is 0 Å². The van der Waals surface area contributed by atoms with E-state index in [1.54, 1.807) is 19.2 Å². The average Bonchev–Trinajstić information content (AvgIpc) is 2.67. The third-order valence-electron chi connectivity index (χ3n) is 2.79. The van der Waals surface area contributed by atoms with Gasteiger partial charge in [0.2, 0.25) is 5.91 Å². The van der Waals surface area contributed by atoms with Crippen molar-refractivity contribution < 1.29 is 4.79 Å². The predicted octanol–water partition coefficient (Wildman–Crippen LogP) is 2.42. The van der Waals surface area contributed by atoms with Crippen LogP contribution in [0.4, 0.5) is 0 Å². The molecule has 15 heavy (non-hydrogen) atoms. The summed E-state index contributed by atoms with van der Waals surface area (Å²) in [6, 6.07) is 3.90. The highest BCUT2D eigenvalue weighted by molar-refractivity contribution is 6.29. The van der Waals surface area contributed by atoms with E-state index in [-0.39, 0.29) is 11.9 Å². The summed E-state index contributed by atoms with van der Waals surface area (Å²) in [5.74, 6) is 0.132. The van der Waals surface area contributed by atoms with Crippen LogP contribution in [0, 0.1) is 0 Å². The minimum atomic E-state index is 0.132. The Bertz CT molecular complexity index is 363. The van der Waals surface area contributed by atoms with Crippen molar-refractivity contribution in [3.63, 3.8) is 0 Å². The highest BCUT2D eigenvalue weighted by Gasteiger charge is 2.27. The molecule has 0 aliphatic carbocycles. The van der Waals surface area contributed by atoms with Crippen LogP contribution in [0.2, 0.25) is 5.15 Å². The third kappa shape index (κ3) is 2.12. The van der Waals surface area contributed by atoms with E-state index in [0.29, 0.717) is 5.15 Å². The van der Waals surface area contributed by atoms with Gasteiger partial charge in [0.1, 0.15) is 5.15 Å². The van der Waals surface area contributed by atoms with Gasteiger partial charge in [-0.05, 0) is 24.5 Å². The molecule has 1 saturated heterocycles. The van der Waals surface area contributed by atoms with Gasteiger partial charge in [0.25, 0.3) is 0 Å². The summed E-state index contributed by atoms with van der Waals surface area (Å²) >= 11 is 5.73. The predicted molar refractivity (Wildman–Crippen MR) is 58.6 cm³/mol. The molecule has 1 aliphatic rings. The van der Waals surface area contributed by atoms with Crippen LogP contribution in [0.25, 0.3) is 0 Å². The maximum Gasteiger partial charge on any atom is 0.219 e. The Hall–Kier alpha value is -1.09. The molecule has 1 aliphatic heterocycles. The lowest BCUT2D eigenvalue weighted by Crippen LogP contribution is -2.28. The van der Waals surface area contributed by atoms with Crippen molar-refractivity contribution in [3.05, 3.63) is 29.0 Å². The molecule has 2 rings (SSSR count). The van der Waals surface area contributed by atoms with E-state index in [1.807, 2.05) is 11.0 Å². The molecule has 0 radical (unpaired) electrons. The number of amides is 1. The van der Waals surface area contributed by atoms with Crippen molar-refractivity contribution in [3.8, 4) is 0 Å². The average molecular weight is 225 g/mol. The van der Waals surface area contributed by atoms with Crippen molar-refractivity contribution >= 4 is 17.5 Å². The largest absolute Gasteiger partial charge is 0.336 e. The molecule has 3 nitrogen and oxygen atoms in total. The Morgan fingerprint density at radius 2 is 2.40 bits per heavy atom. The number of likely N-dealkylation sites (tertiary alicyclic amines) is 1. The summed E-state index contributed by atoms with van der Waals surface area (Å²) in [7, 11) is 0. The zero-order valence-corrected chi connectivity index (χ0v) is 9.37. The van der Waals surface area contributed by atoms with Crippen molar-refractivity contribution in [1.82, 2.24) is 9.88 Å².